The minimum absolute atomic E-state index is 0.0313. The van der Waals surface area contributed by atoms with Crippen LogP contribution in [0.25, 0.3) is 0 Å². The number of nitro benzene ring substituents is 1. The lowest BCUT2D eigenvalue weighted by Gasteiger charge is -2.13. The molecule has 0 aliphatic rings. The quantitative estimate of drug-likeness (QED) is 0.391. The summed E-state index contributed by atoms with van der Waals surface area (Å²) in [4.78, 5) is 9.93. The van der Waals surface area contributed by atoms with Gasteiger partial charge in [-0.2, -0.15) is 0 Å². The number of rotatable bonds is 4. The van der Waals surface area contributed by atoms with Crippen LogP contribution in [-0.2, 0) is 0 Å². The number of hydrogen-bond donors (Lipinski definition) is 3. The first-order valence-electron chi connectivity index (χ1n) is 4.46. The summed E-state index contributed by atoms with van der Waals surface area (Å²) in [6.45, 7) is 1.75. The fourth-order valence-electron chi connectivity index (χ4n) is 1.11. The van der Waals surface area contributed by atoms with Gasteiger partial charge in [0.05, 0.1) is 22.9 Å². The van der Waals surface area contributed by atoms with Gasteiger partial charge < -0.3 is 16.2 Å². The molecule has 82 valence electrons. The standard InChI is InChI=1S/C9H13N3O3/c1-6(5-13)11-9-3-2-7(12(14)15)4-8(9)10/h2-4,6,11,13H,5,10H2,1H3. The number of aliphatic hydroxyl groups excluding tert-OH is 1. The van der Waals surface area contributed by atoms with E-state index in [2.05, 4.69) is 5.32 Å². The van der Waals surface area contributed by atoms with E-state index in [0.717, 1.165) is 0 Å². The van der Waals surface area contributed by atoms with Gasteiger partial charge in [-0.25, -0.2) is 0 Å². The Kier molecular flexibility index (Phi) is 3.46. The van der Waals surface area contributed by atoms with Crippen molar-refractivity contribution in [3.05, 3.63) is 28.3 Å². The third-order valence-corrected chi connectivity index (χ3v) is 1.92. The molecule has 0 saturated carbocycles. The fraction of sp³-hybridized carbons (Fsp3) is 0.333. The van der Waals surface area contributed by atoms with Crippen LogP contribution in [0.1, 0.15) is 6.92 Å². The van der Waals surface area contributed by atoms with Crippen LogP contribution in [0.5, 0.6) is 0 Å². The number of nitrogens with two attached hydrogens (primary N) is 1. The Hall–Kier alpha value is -1.82. The van der Waals surface area contributed by atoms with Crippen LogP contribution in [0.2, 0.25) is 0 Å². The number of nitro groups is 1. The van der Waals surface area contributed by atoms with E-state index in [0.29, 0.717) is 11.4 Å². The van der Waals surface area contributed by atoms with Crippen LogP contribution in [0.4, 0.5) is 17.1 Å². The van der Waals surface area contributed by atoms with Gasteiger partial charge in [-0.05, 0) is 13.0 Å². The van der Waals surface area contributed by atoms with Crippen LogP contribution < -0.4 is 11.1 Å². The van der Waals surface area contributed by atoms with E-state index in [-0.39, 0.29) is 18.3 Å². The Balaban J connectivity index is 2.88. The molecule has 1 atom stereocenters. The van der Waals surface area contributed by atoms with Crippen molar-refractivity contribution in [3.63, 3.8) is 0 Å². The monoisotopic (exact) mass is 211 g/mol. The highest BCUT2D eigenvalue weighted by Gasteiger charge is 2.09. The van der Waals surface area contributed by atoms with Gasteiger partial charge in [0, 0.05) is 18.2 Å². The molecule has 0 radical (unpaired) electrons. The summed E-state index contributed by atoms with van der Waals surface area (Å²) in [5.41, 5.74) is 6.45. The van der Waals surface area contributed by atoms with E-state index in [4.69, 9.17) is 10.8 Å². The van der Waals surface area contributed by atoms with E-state index in [1.54, 1.807) is 6.92 Å². The molecule has 0 spiro atoms. The molecule has 0 amide bonds. The zero-order chi connectivity index (χ0) is 11.4. The van der Waals surface area contributed by atoms with Crippen molar-refractivity contribution in [2.75, 3.05) is 17.7 Å². The third kappa shape index (κ3) is 2.81. The molecule has 1 aromatic carbocycles. The number of anilines is 2. The first kappa shape index (κ1) is 11.3. The van der Waals surface area contributed by atoms with Gasteiger partial charge in [-0.3, -0.25) is 10.1 Å². The second kappa shape index (κ2) is 4.61. The lowest BCUT2D eigenvalue weighted by atomic mass is 10.2. The normalized spacial score (nSPS) is 12.1. The predicted octanol–water partition coefficient (Wildman–Crippen LogP) is 0.970. The summed E-state index contributed by atoms with van der Waals surface area (Å²) in [7, 11) is 0. The van der Waals surface area contributed by atoms with Crippen molar-refractivity contribution in [3.8, 4) is 0 Å². The molecule has 0 saturated heterocycles. The Morgan fingerprint density at radius 3 is 2.80 bits per heavy atom. The molecule has 1 aromatic rings. The van der Waals surface area contributed by atoms with Crippen molar-refractivity contribution in [1.29, 1.82) is 0 Å². The van der Waals surface area contributed by atoms with Crippen molar-refractivity contribution in [2.45, 2.75) is 13.0 Å². The van der Waals surface area contributed by atoms with Crippen molar-refractivity contribution in [2.24, 2.45) is 0 Å². The smallest absolute Gasteiger partial charge is 0.271 e. The number of nitrogen functional groups attached to an aromatic ring is 1. The summed E-state index contributed by atoms with van der Waals surface area (Å²) in [6, 6.07) is 4.03. The largest absolute Gasteiger partial charge is 0.397 e. The molecule has 6 heteroatoms. The van der Waals surface area contributed by atoms with Gasteiger partial charge in [0.25, 0.3) is 5.69 Å². The maximum Gasteiger partial charge on any atom is 0.271 e. The van der Waals surface area contributed by atoms with E-state index < -0.39 is 4.92 Å². The Morgan fingerprint density at radius 1 is 1.67 bits per heavy atom. The maximum atomic E-state index is 10.4. The van der Waals surface area contributed by atoms with Gasteiger partial charge in [0.1, 0.15) is 0 Å². The molecular weight excluding hydrogens is 198 g/mol. The summed E-state index contributed by atoms with van der Waals surface area (Å²) >= 11 is 0. The summed E-state index contributed by atoms with van der Waals surface area (Å²) < 4.78 is 0. The maximum absolute atomic E-state index is 10.4. The van der Waals surface area contributed by atoms with Gasteiger partial charge >= 0.3 is 0 Å². The highest BCUT2D eigenvalue weighted by Crippen LogP contribution is 2.24. The molecule has 0 aliphatic heterocycles. The first-order chi connectivity index (χ1) is 7.04. The van der Waals surface area contributed by atoms with Crippen LogP contribution >= 0.6 is 0 Å². The average molecular weight is 211 g/mol. The topological polar surface area (TPSA) is 101 Å². The summed E-state index contributed by atoms with van der Waals surface area (Å²) in [5, 5.41) is 22.2. The molecule has 1 unspecified atom stereocenters. The molecule has 6 nitrogen and oxygen atoms in total. The van der Waals surface area contributed by atoms with Crippen LogP contribution in [-0.4, -0.2) is 22.7 Å². The Morgan fingerprint density at radius 2 is 2.33 bits per heavy atom. The van der Waals surface area contributed by atoms with Crippen molar-refractivity contribution in [1.82, 2.24) is 0 Å². The van der Waals surface area contributed by atoms with E-state index >= 15 is 0 Å². The number of nitrogens with one attached hydrogen (secondary N) is 1. The SMILES string of the molecule is CC(CO)Nc1ccc([N+](=O)[O-])cc1N. The minimum atomic E-state index is -0.504. The van der Waals surface area contributed by atoms with Crippen LogP contribution in [0, 0.1) is 10.1 Å². The molecular formula is C9H13N3O3. The fourth-order valence-corrected chi connectivity index (χ4v) is 1.11. The number of benzene rings is 1. The zero-order valence-corrected chi connectivity index (χ0v) is 8.30. The minimum Gasteiger partial charge on any atom is -0.397 e. The average Bonchev–Trinajstić information content (AvgIpc) is 2.20. The predicted molar refractivity (Wildman–Crippen MR) is 57.7 cm³/mol. The van der Waals surface area contributed by atoms with Crippen LogP contribution in [0.15, 0.2) is 18.2 Å². The first-order valence-corrected chi connectivity index (χ1v) is 4.46. The molecule has 0 fully saturated rings. The molecule has 15 heavy (non-hydrogen) atoms. The molecule has 0 bridgehead atoms. The molecule has 0 aliphatic carbocycles. The van der Waals surface area contributed by atoms with Gasteiger partial charge in [0.2, 0.25) is 0 Å². The lowest BCUT2D eigenvalue weighted by Crippen LogP contribution is -2.20. The van der Waals surface area contributed by atoms with Gasteiger partial charge in [0.15, 0.2) is 0 Å². The Bertz CT molecular complexity index is 368. The molecule has 4 N–H and O–H groups in total. The van der Waals surface area contributed by atoms with Gasteiger partial charge in [-0.15, -0.1) is 0 Å². The molecule has 0 heterocycles. The summed E-state index contributed by atoms with van der Waals surface area (Å²) in [5.74, 6) is 0. The zero-order valence-electron chi connectivity index (χ0n) is 8.30. The van der Waals surface area contributed by atoms with Gasteiger partial charge in [-0.1, -0.05) is 0 Å². The van der Waals surface area contributed by atoms with Crippen molar-refractivity contribution >= 4 is 17.1 Å². The third-order valence-electron chi connectivity index (χ3n) is 1.92. The second-order valence-corrected chi connectivity index (χ2v) is 3.26. The van der Waals surface area contributed by atoms with Crippen molar-refractivity contribution < 1.29 is 10.0 Å². The lowest BCUT2D eigenvalue weighted by molar-refractivity contribution is -0.384. The highest BCUT2D eigenvalue weighted by molar-refractivity contribution is 5.69. The van der Waals surface area contributed by atoms with E-state index in [1.807, 2.05) is 0 Å². The number of hydrogen-bond acceptors (Lipinski definition) is 5. The van der Waals surface area contributed by atoms with Crippen LogP contribution in [0.3, 0.4) is 0 Å². The number of non-ortho nitro benzene ring substituents is 1. The Labute approximate surface area is 86.9 Å². The number of aliphatic hydroxyl groups is 1. The van der Waals surface area contributed by atoms with E-state index in [1.165, 1.54) is 18.2 Å². The second-order valence-electron chi connectivity index (χ2n) is 3.26. The summed E-state index contributed by atoms with van der Waals surface area (Å²) in [6.07, 6.45) is 0. The van der Waals surface area contributed by atoms with E-state index in [9.17, 15) is 10.1 Å². The molecule has 0 aromatic heterocycles. The number of nitrogens with zero attached hydrogens (tertiary/aromatic N) is 1. The molecule has 1 rings (SSSR count). The highest BCUT2D eigenvalue weighted by atomic mass is 16.6.